The Morgan fingerprint density at radius 1 is 1.40 bits per heavy atom. The molecule has 1 aromatic carbocycles. The summed E-state index contributed by atoms with van der Waals surface area (Å²) in [5.41, 5.74) is 2.58. The van der Waals surface area contributed by atoms with E-state index in [4.69, 9.17) is 0 Å². The minimum Gasteiger partial charge on any atom is -0.326 e. The highest BCUT2D eigenvalue weighted by Crippen LogP contribution is 2.26. The number of fused-ring (bicyclic) bond motifs is 1. The second-order valence-electron chi connectivity index (χ2n) is 5.54. The van der Waals surface area contributed by atoms with Crippen LogP contribution in [0, 0.1) is 5.92 Å². The number of anilines is 2. The van der Waals surface area contributed by atoms with Crippen LogP contribution in [0.1, 0.15) is 24.8 Å². The van der Waals surface area contributed by atoms with Crippen molar-refractivity contribution in [2.75, 3.05) is 23.7 Å². The Balaban J connectivity index is 1.53. The maximum absolute atomic E-state index is 11.9. The molecule has 1 atom stereocenters. The van der Waals surface area contributed by atoms with Crippen molar-refractivity contribution in [2.24, 2.45) is 5.92 Å². The number of hydrogen-bond acceptors (Lipinski definition) is 3. The van der Waals surface area contributed by atoms with Crippen LogP contribution >= 0.6 is 0 Å². The van der Waals surface area contributed by atoms with E-state index in [1.165, 1.54) is 6.42 Å². The number of rotatable bonds is 4. The molecule has 0 aliphatic carbocycles. The quantitative estimate of drug-likeness (QED) is 0.779. The lowest BCUT2D eigenvalue weighted by atomic mass is 10.0. The van der Waals surface area contributed by atoms with Crippen molar-refractivity contribution in [3.63, 3.8) is 0 Å². The number of amides is 2. The normalized spacial score (nSPS) is 20.6. The molecule has 2 aliphatic rings. The second-order valence-corrected chi connectivity index (χ2v) is 5.54. The average Bonchev–Trinajstić information content (AvgIpc) is 3.04. The van der Waals surface area contributed by atoms with Crippen LogP contribution in [0.4, 0.5) is 11.4 Å². The SMILES string of the molecule is O=C(CCC1CCNC1)Nc1ccc2c(c1)CC(=O)N2. The van der Waals surface area contributed by atoms with Crippen molar-refractivity contribution in [2.45, 2.75) is 25.7 Å². The molecular formula is C15H19N3O2. The van der Waals surface area contributed by atoms with Gasteiger partial charge in [0.25, 0.3) is 0 Å². The maximum atomic E-state index is 11.9. The molecule has 0 spiro atoms. The summed E-state index contributed by atoms with van der Waals surface area (Å²) in [6.07, 6.45) is 3.05. The first-order chi connectivity index (χ1) is 9.70. The van der Waals surface area contributed by atoms with E-state index in [1.54, 1.807) is 0 Å². The Hall–Kier alpha value is -1.88. The zero-order valence-electron chi connectivity index (χ0n) is 11.4. The van der Waals surface area contributed by atoms with Gasteiger partial charge >= 0.3 is 0 Å². The highest BCUT2D eigenvalue weighted by Gasteiger charge is 2.18. The minimum atomic E-state index is 0.0113. The third-order valence-electron chi connectivity index (χ3n) is 3.96. The standard InChI is InChI=1S/C15H19N3O2/c19-14(4-1-10-5-6-16-9-10)17-12-2-3-13-11(7-12)8-15(20)18-13/h2-3,7,10,16H,1,4-6,8-9H2,(H,17,19)(H,18,20). The molecule has 5 nitrogen and oxygen atoms in total. The van der Waals surface area contributed by atoms with Crippen molar-refractivity contribution in [1.82, 2.24) is 5.32 Å². The average molecular weight is 273 g/mol. The van der Waals surface area contributed by atoms with Crippen LogP contribution in [0.15, 0.2) is 18.2 Å². The molecule has 0 saturated carbocycles. The smallest absolute Gasteiger partial charge is 0.228 e. The summed E-state index contributed by atoms with van der Waals surface area (Å²) in [6.45, 7) is 2.10. The second kappa shape index (κ2) is 5.63. The fourth-order valence-electron chi connectivity index (χ4n) is 2.83. The van der Waals surface area contributed by atoms with Gasteiger partial charge in [-0.15, -0.1) is 0 Å². The van der Waals surface area contributed by atoms with Gasteiger partial charge in [-0.3, -0.25) is 9.59 Å². The lowest BCUT2D eigenvalue weighted by Gasteiger charge is -2.09. The number of nitrogens with one attached hydrogen (secondary N) is 3. The molecule has 0 radical (unpaired) electrons. The van der Waals surface area contributed by atoms with E-state index in [9.17, 15) is 9.59 Å². The number of hydrogen-bond donors (Lipinski definition) is 3. The van der Waals surface area contributed by atoms with Crippen LogP contribution in [-0.2, 0) is 16.0 Å². The van der Waals surface area contributed by atoms with Gasteiger partial charge in [-0.1, -0.05) is 0 Å². The van der Waals surface area contributed by atoms with Crippen molar-refractivity contribution in [1.29, 1.82) is 0 Å². The first-order valence-corrected chi connectivity index (χ1v) is 7.14. The van der Waals surface area contributed by atoms with E-state index in [0.29, 0.717) is 18.8 Å². The molecule has 3 N–H and O–H groups in total. The van der Waals surface area contributed by atoms with E-state index < -0.39 is 0 Å². The maximum Gasteiger partial charge on any atom is 0.228 e. The molecule has 2 amide bonds. The van der Waals surface area contributed by atoms with E-state index in [0.717, 1.165) is 36.4 Å². The highest BCUT2D eigenvalue weighted by atomic mass is 16.2. The topological polar surface area (TPSA) is 70.2 Å². The summed E-state index contributed by atoms with van der Waals surface area (Å²) in [6, 6.07) is 5.55. The number of carbonyl (C=O) groups excluding carboxylic acids is 2. The van der Waals surface area contributed by atoms with Crippen molar-refractivity contribution in [3.8, 4) is 0 Å². The van der Waals surface area contributed by atoms with Gasteiger partial charge in [-0.2, -0.15) is 0 Å². The van der Waals surface area contributed by atoms with E-state index in [-0.39, 0.29) is 11.8 Å². The van der Waals surface area contributed by atoms with Crippen LogP contribution in [0.25, 0.3) is 0 Å². The highest BCUT2D eigenvalue weighted by molar-refractivity contribution is 6.00. The van der Waals surface area contributed by atoms with E-state index >= 15 is 0 Å². The predicted octanol–water partition coefficient (Wildman–Crippen LogP) is 1.51. The molecule has 106 valence electrons. The third kappa shape index (κ3) is 2.99. The Kier molecular flexibility index (Phi) is 3.69. The molecular weight excluding hydrogens is 254 g/mol. The van der Waals surface area contributed by atoms with Crippen molar-refractivity contribution < 1.29 is 9.59 Å². The third-order valence-corrected chi connectivity index (χ3v) is 3.96. The van der Waals surface area contributed by atoms with Gasteiger partial charge < -0.3 is 16.0 Å². The molecule has 5 heteroatoms. The summed E-state index contributed by atoms with van der Waals surface area (Å²) in [7, 11) is 0. The lowest BCUT2D eigenvalue weighted by Crippen LogP contribution is -2.15. The fraction of sp³-hybridized carbons (Fsp3) is 0.467. The van der Waals surface area contributed by atoms with E-state index in [1.807, 2.05) is 18.2 Å². The summed E-state index contributed by atoms with van der Waals surface area (Å²) < 4.78 is 0. The molecule has 1 fully saturated rings. The molecule has 2 heterocycles. The Bertz CT molecular complexity index is 536. The first kappa shape index (κ1) is 13.1. The fourth-order valence-corrected chi connectivity index (χ4v) is 2.83. The van der Waals surface area contributed by atoms with Gasteiger partial charge in [-0.05, 0) is 55.6 Å². The Morgan fingerprint density at radius 2 is 2.30 bits per heavy atom. The molecule has 1 aromatic rings. The molecule has 0 aromatic heterocycles. The monoisotopic (exact) mass is 273 g/mol. The predicted molar refractivity (Wildman–Crippen MR) is 77.6 cm³/mol. The molecule has 2 aliphatic heterocycles. The summed E-state index contributed by atoms with van der Waals surface area (Å²) in [5, 5.41) is 9.00. The van der Waals surface area contributed by atoms with Crippen LogP contribution in [0.3, 0.4) is 0 Å². The molecule has 1 saturated heterocycles. The summed E-state index contributed by atoms with van der Waals surface area (Å²) >= 11 is 0. The van der Waals surface area contributed by atoms with Gasteiger partial charge in [-0.25, -0.2) is 0 Å². The molecule has 3 rings (SSSR count). The van der Waals surface area contributed by atoms with Crippen LogP contribution < -0.4 is 16.0 Å². The largest absolute Gasteiger partial charge is 0.326 e. The minimum absolute atomic E-state index is 0.0113. The first-order valence-electron chi connectivity index (χ1n) is 7.14. The van der Waals surface area contributed by atoms with Gasteiger partial charge in [0.05, 0.1) is 6.42 Å². The van der Waals surface area contributed by atoms with Crippen LogP contribution in [-0.4, -0.2) is 24.9 Å². The van der Waals surface area contributed by atoms with Crippen molar-refractivity contribution in [3.05, 3.63) is 23.8 Å². The summed E-state index contributed by atoms with van der Waals surface area (Å²) in [5.74, 6) is 0.689. The summed E-state index contributed by atoms with van der Waals surface area (Å²) in [4.78, 5) is 23.2. The zero-order chi connectivity index (χ0) is 13.9. The van der Waals surface area contributed by atoms with E-state index in [2.05, 4.69) is 16.0 Å². The van der Waals surface area contributed by atoms with Gasteiger partial charge in [0.1, 0.15) is 0 Å². The zero-order valence-corrected chi connectivity index (χ0v) is 11.4. The molecule has 20 heavy (non-hydrogen) atoms. The molecule has 1 unspecified atom stereocenters. The van der Waals surface area contributed by atoms with Crippen LogP contribution in [0.5, 0.6) is 0 Å². The van der Waals surface area contributed by atoms with Gasteiger partial charge in [0.15, 0.2) is 0 Å². The molecule has 0 bridgehead atoms. The number of benzene rings is 1. The Morgan fingerprint density at radius 3 is 3.10 bits per heavy atom. The number of carbonyl (C=O) groups is 2. The van der Waals surface area contributed by atoms with Crippen molar-refractivity contribution >= 4 is 23.2 Å². The van der Waals surface area contributed by atoms with Gasteiger partial charge in [0.2, 0.25) is 11.8 Å². The van der Waals surface area contributed by atoms with Gasteiger partial charge in [0, 0.05) is 17.8 Å². The van der Waals surface area contributed by atoms with Crippen LogP contribution in [0.2, 0.25) is 0 Å². The lowest BCUT2D eigenvalue weighted by molar-refractivity contribution is -0.116. The Labute approximate surface area is 118 Å².